The van der Waals surface area contributed by atoms with E-state index >= 15 is 0 Å². The maximum absolute atomic E-state index is 11.9. The van der Waals surface area contributed by atoms with Crippen LogP contribution in [-0.4, -0.2) is 31.0 Å². The van der Waals surface area contributed by atoms with Gasteiger partial charge < -0.3 is 20.0 Å². The first-order valence-corrected chi connectivity index (χ1v) is 32.8. The molecule has 0 aliphatic carbocycles. The number of aromatic nitrogens is 4. The van der Waals surface area contributed by atoms with Gasteiger partial charge in [0.1, 0.15) is 0 Å². The number of nitrogens with zero attached hydrogens (tertiary/aromatic N) is 3. The number of rotatable bonds is 16. The van der Waals surface area contributed by atoms with Crippen molar-refractivity contribution in [3.63, 3.8) is 0 Å². The van der Waals surface area contributed by atoms with Crippen LogP contribution < -0.4 is 4.90 Å². The molecule has 0 fully saturated rings. The summed E-state index contributed by atoms with van der Waals surface area (Å²) in [5, 5.41) is 9.79. The van der Waals surface area contributed by atoms with Gasteiger partial charge in [-0.1, -0.05) is 208 Å². The molecule has 0 saturated heterocycles. The van der Waals surface area contributed by atoms with Crippen LogP contribution >= 0.6 is 0 Å². The maximum atomic E-state index is 11.9. The quantitative estimate of drug-likeness (QED) is 0.0661. The number of benzene rings is 5. The molecule has 7 heteroatoms. The van der Waals surface area contributed by atoms with E-state index in [1.165, 1.54) is 84.7 Å². The van der Waals surface area contributed by atoms with Crippen molar-refractivity contribution in [3.8, 4) is 34.1 Å². The van der Waals surface area contributed by atoms with Crippen molar-refractivity contribution in [3.05, 3.63) is 206 Å². The highest BCUT2D eigenvalue weighted by Gasteiger charge is 2.29. The summed E-state index contributed by atoms with van der Waals surface area (Å²) in [5.41, 5.74) is 24.4. The second-order valence-corrected chi connectivity index (χ2v) is 29.1. The number of aryl methyl sites for hydroxylation is 6. The molecule has 2 aliphatic heterocycles. The van der Waals surface area contributed by atoms with Crippen LogP contribution in [0.25, 0.3) is 44.3 Å². The Morgan fingerprint density at radius 3 is 1.28 bits per heavy atom. The summed E-state index contributed by atoms with van der Waals surface area (Å²) in [6.45, 7) is 32.3. The van der Waals surface area contributed by atoms with Gasteiger partial charge in [0.25, 0.3) is 0 Å². The van der Waals surface area contributed by atoms with Crippen molar-refractivity contribution < 1.29 is 9.90 Å². The van der Waals surface area contributed by atoms with E-state index in [4.69, 9.17) is 9.97 Å². The lowest BCUT2D eigenvalue weighted by molar-refractivity contribution is 0.0696. The Bertz CT molecular complexity index is 3860. The normalized spacial score (nSPS) is 12.9. The Hall–Kier alpha value is -7.95. The van der Waals surface area contributed by atoms with Gasteiger partial charge in [0.05, 0.1) is 50.6 Å². The Morgan fingerprint density at radius 2 is 0.852 bits per heavy atom. The van der Waals surface area contributed by atoms with Crippen molar-refractivity contribution in [2.75, 3.05) is 4.90 Å². The number of hydrogen-bond acceptors (Lipinski definition) is 4. The van der Waals surface area contributed by atoms with Gasteiger partial charge in [-0.2, -0.15) is 0 Å². The minimum absolute atomic E-state index is 0.125. The Balaban J connectivity index is 1.36. The molecule has 3 N–H and O–H groups in total. The molecule has 0 atom stereocenters. The van der Waals surface area contributed by atoms with Crippen LogP contribution in [0.3, 0.4) is 0 Å². The third-order valence-corrected chi connectivity index (χ3v) is 17.9. The van der Waals surface area contributed by atoms with Crippen LogP contribution in [0.4, 0.5) is 17.1 Å². The number of carbonyl (C=O) groups is 1. The van der Waals surface area contributed by atoms with E-state index in [0.29, 0.717) is 12.8 Å². The molecule has 5 aromatic carbocycles. The number of hydrogen-bond donors (Lipinski definition) is 3. The first-order chi connectivity index (χ1) is 41.9. The van der Waals surface area contributed by atoms with Gasteiger partial charge in [-0.3, -0.25) is 9.97 Å². The zero-order valence-corrected chi connectivity index (χ0v) is 55.3. The lowest BCUT2D eigenvalue weighted by Crippen LogP contribution is -2.16. The summed E-state index contributed by atoms with van der Waals surface area (Å²) in [6.07, 6.45) is 14.7. The first-order valence-electron chi connectivity index (χ1n) is 32.8. The standard InChI is InChI=1S/C81H95N5O2/c1-15-17-19-21-23-53-27-34-63(35-28-53)86(64-36-29-54(30-37-64)24-22-20-18-16-2)76-72-45-43-70(84-72)74(57-47-59(78(3,4)5)51-60(48-57)79(6,7)8)68-41-39-66(82-68)65(38-31-55-25-32-56(33-26-55)77(87)88)67-40-42-69(83-67)75(71-44-46-73(76)85-71)58-49-61(80(9,10)11)52-62(50-58)81(12,13)14/h25-30,32-37,39,41,44,46-52,82,85H,15-24,40,42-43,45H2,1-14H3,(H,87,88). The summed E-state index contributed by atoms with van der Waals surface area (Å²) in [5.74, 6) is 6.12. The fourth-order valence-corrected chi connectivity index (χ4v) is 12.4. The van der Waals surface area contributed by atoms with Crippen LogP contribution in [0.15, 0.2) is 133 Å². The van der Waals surface area contributed by atoms with Crippen molar-refractivity contribution in [1.82, 2.24) is 19.9 Å². The monoisotopic (exact) mass is 1170 g/mol. The Morgan fingerprint density at radius 1 is 0.455 bits per heavy atom. The average Bonchev–Trinajstić information content (AvgIpc) is 2.33. The number of carboxylic acids is 1. The summed E-state index contributed by atoms with van der Waals surface area (Å²) < 4.78 is 0. The smallest absolute Gasteiger partial charge is 0.335 e. The van der Waals surface area contributed by atoms with E-state index in [2.05, 4.69) is 233 Å². The number of nitrogens with one attached hydrogen (secondary N) is 2. The predicted octanol–water partition coefficient (Wildman–Crippen LogP) is 21.2. The van der Waals surface area contributed by atoms with Crippen molar-refractivity contribution in [2.24, 2.45) is 0 Å². The summed E-state index contributed by atoms with van der Waals surface area (Å²) in [4.78, 5) is 34.4. The Kier molecular flexibility index (Phi) is 18.6. The number of aromatic amines is 2. The zero-order chi connectivity index (χ0) is 62.7. The predicted molar refractivity (Wildman–Crippen MR) is 371 cm³/mol. The van der Waals surface area contributed by atoms with Gasteiger partial charge in [0.2, 0.25) is 0 Å². The van der Waals surface area contributed by atoms with Gasteiger partial charge in [0.15, 0.2) is 0 Å². The number of anilines is 3. The lowest BCUT2D eigenvalue weighted by atomic mass is 9.78. The summed E-state index contributed by atoms with van der Waals surface area (Å²) >= 11 is 0. The molecular weight excluding hydrogens is 1070 g/mol. The zero-order valence-electron chi connectivity index (χ0n) is 55.3. The number of fused-ring (bicyclic) bond motifs is 8. The van der Waals surface area contributed by atoms with Crippen LogP contribution in [0, 0.1) is 11.8 Å². The Labute approximate surface area is 525 Å². The van der Waals surface area contributed by atoms with E-state index < -0.39 is 5.97 Å². The minimum Gasteiger partial charge on any atom is -0.478 e. The van der Waals surface area contributed by atoms with E-state index in [-0.39, 0.29) is 27.2 Å². The van der Waals surface area contributed by atoms with E-state index in [1.54, 1.807) is 24.3 Å². The number of H-pyrrole nitrogens is 2. The molecule has 10 rings (SSSR count). The van der Waals surface area contributed by atoms with E-state index in [1.807, 2.05) is 0 Å². The average molecular weight is 1170 g/mol. The van der Waals surface area contributed by atoms with Crippen LogP contribution in [-0.2, 0) is 60.2 Å². The molecule has 3 aromatic heterocycles. The first kappa shape index (κ1) is 63.1. The SMILES string of the molecule is CCCCCCc1ccc(N(c2ccc(CCCCCC)cc2)c2c3nc(c(-c4cc(C(C)(C)C)cc(C(C)(C)C)c4)c4ccc([nH]4)c(C#Cc4ccc(C(=O)O)cc4)c4nc(c(-c5cc(C(C)(C)C)cc(C(C)(C)C)c5)c5ccc2[nH]5)CC4)CC3)cc1. The van der Waals surface area contributed by atoms with Crippen molar-refractivity contribution >= 4 is 45.1 Å². The topological polar surface area (TPSA) is 97.9 Å². The molecule has 88 heavy (non-hydrogen) atoms. The van der Waals surface area contributed by atoms with Crippen molar-refractivity contribution in [2.45, 2.75) is 208 Å². The van der Waals surface area contributed by atoms with Gasteiger partial charge in [-0.05, 0) is 190 Å². The molecule has 7 nitrogen and oxygen atoms in total. The third-order valence-electron chi connectivity index (χ3n) is 17.9. The molecule has 2 aliphatic rings. The molecule has 0 radical (unpaired) electrons. The van der Waals surface area contributed by atoms with Gasteiger partial charge >= 0.3 is 5.97 Å². The van der Waals surface area contributed by atoms with E-state index in [0.717, 1.165) is 121 Å². The van der Waals surface area contributed by atoms with Crippen LogP contribution in [0.5, 0.6) is 0 Å². The molecule has 8 aromatic rings. The second-order valence-electron chi connectivity index (χ2n) is 29.1. The fraction of sp³-hybridized carbons (Fsp3) is 0.395. The molecule has 0 spiro atoms. The molecule has 8 bridgehead atoms. The second kappa shape index (κ2) is 26.0. The highest BCUT2D eigenvalue weighted by atomic mass is 16.4. The number of aromatic carboxylic acids is 1. The van der Waals surface area contributed by atoms with E-state index in [9.17, 15) is 9.90 Å². The maximum Gasteiger partial charge on any atom is 0.335 e. The van der Waals surface area contributed by atoms with Crippen LogP contribution in [0.1, 0.15) is 226 Å². The fourth-order valence-electron chi connectivity index (χ4n) is 12.4. The lowest BCUT2D eigenvalue weighted by Gasteiger charge is -2.27. The molecule has 0 saturated carbocycles. The highest BCUT2D eigenvalue weighted by Crippen LogP contribution is 2.44. The third kappa shape index (κ3) is 14.5. The molecule has 456 valence electrons. The number of carboxylic acid groups (broad SMARTS) is 1. The van der Waals surface area contributed by atoms with Gasteiger partial charge in [-0.25, -0.2) is 4.79 Å². The molecule has 5 heterocycles. The summed E-state index contributed by atoms with van der Waals surface area (Å²) in [7, 11) is 0. The van der Waals surface area contributed by atoms with Gasteiger partial charge in [0, 0.05) is 39.1 Å². The largest absolute Gasteiger partial charge is 0.478 e. The molecular formula is C81H95N5O2. The summed E-state index contributed by atoms with van der Waals surface area (Å²) in [6, 6.07) is 48.9. The molecule has 0 unspecified atom stereocenters. The minimum atomic E-state index is -0.966. The van der Waals surface area contributed by atoms with Crippen molar-refractivity contribution in [1.29, 1.82) is 0 Å². The highest BCUT2D eigenvalue weighted by molar-refractivity contribution is 5.93. The number of unbranched alkanes of at least 4 members (excludes halogenated alkanes) is 6. The van der Waals surface area contributed by atoms with Gasteiger partial charge in [-0.15, -0.1) is 0 Å². The molecule has 0 amide bonds. The van der Waals surface area contributed by atoms with Crippen LogP contribution in [0.2, 0.25) is 0 Å².